The zero-order valence-electron chi connectivity index (χ0n) is 17.4. The molecule has 1 unspecified atom stereocenters. The van der Waals surface area contributed by atoms with Crippen molar-refractivity contribution < 1.29 is 14.7 Å². The quantitative estimate of drug-likeness (QED) is 0.415. The van der Waals surface area contributed by atoms with E-state index in [4.69, 9.17) is 5.11 Å². The number of nitrogens with zero attached hydrogens (tertiary/aromatic N) is 5. The van der Waals surface area contributed by atoms with Gasteiger partial charge in [-0.05, 0) is 42.7 Å². The summed E-state index contributed by atoms with van der Waals surface area (Å²) in [5.41, 5.74) is 4.61. The zero-order valence-corrected chi connectivity index (χ0v) is 17.4. The Labute approximate surface area is 183 Å². The third-order valence-electron chi connectivity index (χ3n) is 5.89. The minimum atomic E-state index is -0.572. The molecule has 0 aromatic carbocycles. The van der Waals surface area contributed by atoms with Gasteiger partial charge >= 0.3 is 0 Å². The fourth-order valence-corrected chi connectivity index (χ4v) is 4.36. The highest BCUT2D eigenvalue weighted by atomic mass is 16.3. The largest absolute Gasteiger partial charge is 0.387 e. The van der Waals surface area contributed by atoms with Crippen LogP contribution in [0.1, 0.15) is 18.5 Å². The van der Waals surface area contributed by atoms with Crippen LogP contribution in [0.4, 0.5) is 0 Å². The number of fused-ring (bicyclic) bond motifs is 2. The van der Waals surface area contributed by atoms with Crippen molar-refractivity contribution in [3.05, 3.63) is 48.5 Å². The Morgan fingerprint density at radius 1 is 1.22 bits per heavy atom. The number of aliphatic hydroxyl groups excluding tert-OH is 1. The Morgan fingerprint density at radius 2 is 2.12 bits per heavy atom. The van der Waals surface area contributed by atoms with Gasteiger partial charge in [0.25, 0.3) is 0 Å². The minimum absolute atomic E-state index is 0.182. The van der Waals surface area contributed by atoms with Gasteiger partial charge in [-0.3, -0.25) is 9.59 Å². The Hall–Kier alpha value is -3.79. The molecule has 4 aromatic heterocycles. The fourth-order valence-electron chi connectivity index (χ4n) is 4.36. The Balaban J connectivity index is 1.31. The summed E-state index contributed by atoms with van der Waals surface area (Å²) in [7, 11) is 0. The first-order valence-electron chi connectivity index (χ1n) is 10.6. The van der Waals surface area contributed by atoms with Crippen LogP contribution in [0.25, 0.3) is 27.7 Å². The van der Waals surface area contributed by atoms with Gasteiger partial charge in [-0.25, -0.2) is 4.98 Å². The smallest absolute Gasteiger partial charge is 0.248 e. The molecular formula is C22H23N7O3. The molecule has 3 N–H and O–H groups in total. The van der Waals surface area contributed by atoms with E-state index in [9.17, 15) is 9.59 Å². The minimum Gasteiger partial charge on any atom is -0.387 e. The van der Waals surface area contributed by atoms with Gasteiger partial charge in [-0.1, -0.05) is 0 Å². The second kappa shape index (κ2) is 8.39. The number of hydrogen-bond donors (Lipinski definition) is 3. The molecule has 0 saturated carbocycles. The van der Waals surface area contributed by atoms with E-state index in [1.165, 1.54) is 4.90 Å². The van der Waals surface area contributed by atoms with Crippen molar-refractivity contribution in [1.29, 1.82) is 0 Å². The lowest BCUT2D eigenvalue weighted by molar-refractivity contribution is -0.140. The van der Waals surface area contributed by atoms with Crippen LogP contribution in [0.3, 0.4) is 0 Å². The topological polar surface area (TPSA) is 129 Å². The summed E-state index contributed by atoms with van der Waals surface area (Å²) >= 11 is 0. The molecule has 1 atom stereocenters. The molecular weight excluding hydrogens is 410 g/mol. The van der Waals surface area contributed by atoms with Gasteiger partial charge in [0, 0.05) is 48.5 Å². The molecule has 10 heteroatoms. The van der Waals surface area contributed by atoms with Gasteiger partial charge < -0.3 is 20.3 Å². The lowest BCUT2D eigenvalue weighted by Crippen LogP contribution is -2.47. The molecule has 5 rings (SSSR count). The van der Waals surface area contributed by atoms with E-state index in [0.717, 1.165) is 39.8 Å². The predicted molar refractivity (Wildman–Crippen MR) is 117 cm³/mol. The number of carbonyl (C=O) groups excluding carboxylic acids is 2. The van der Waals surface area contributed by atoms with Crippen LogP contribution in [-0.4, -0.2) is 72.4 Å². The fraction of sp³-hybridized carbons (Fsp3) is 0.318. The van der Waals surface area contributed by atoms with Crippen LogP contribution in [0.2, 0.25) is 0 Å². The van der Waals surface area contributed by atoms with Crippen molar-refractivity contribution in [2.75, 3.05) is 19.7 Å². The Morgan fingerprint density at radius 3 is 3.00 bits per heavy atom. The van der Waals surface area contributed by atoms with Crippen LogP contribution >= 0.6 is 0 Å². The summed E-state index contributed by atoms with van der Waals surface area (Å²) in [6, 6.07) is 7.34. The second-order valence-electron chi connectivity index (χ2n) is 7.82. The van der Waals surface area contributed by atoms with Crippen LogP contribution in [-0.2, 0) is 16.0 Å². The zero-order chi connectivity index (χ0) is 22.1. The third-order valence-corrected chi connectivity index (χ3v) is 5.89. The number of H-pyrrole nitrogens is 1. The van der Waals surface area contributed by atoms with Gasteiger partial charge in [-0.15, -0.1) is 0 Å². The number of rotatable bonds is 6. The summed E-state index contributed by atoms with van der Waals surface area (Å²) in [6.07, 6.45) is 7.22. The number of aliphatic hydroxyl groups is 1. The summed E-state index contributed by atoms with van der Waals surface area (Å²) < 4.78 is 1.60. The highest BCUT2D eigenvalue weighted by Crippen LogP contribution is 2.30. The van der Waals surface area contributed by atoms with E-state index in [1.807, 2.05) is 24.3 Å². The molecule has 2 amide bonds. The number of aromatic amines is 1. The van der Waals surface area contributed by atoms with Gasteiger partial charge in [-0.2, -0.15) is 14.8 Å². The summed E-state index contributed by atoms with van der Waals surface area (Å²) in [4.78, 5) is 33.6. The lowest BCUT2D eigenvalue weighted by atomic mass is 10.1. The molecule has 1 fully saturated rings. The first kappa shape index (κ1) is 20.1. The van der Waals surface area contributed by atoms with E-state index in [1.54, 1.807) is 23.2 Å². The maximum Gasteiger partial charge on any atom is 0.248 e. The molecule has 1 aliphatic rings. The number of likely N-dealkylation sites (tertiary alicyclic amines) is 1. The summed E-state index contributed by atoms with van der Waals surface area (Å²) in [5.74, 6) is -0.585. The Kier molecular flexibility index (Phi) is 5.28. The van der Waals surface area contributed by atoms with Crippen LogP contribution < -0.4 is 5.32 Å². The number of hydrogen-bond acceptors (Lipinski definition) is 6. The van der Waals surface area contributed by atoms with Crippen LogP contribution in [0.15, 0.2) is 42.9 Å². The maximum absolute atomic E-state index is 12.5. The third kappa shape index (κ3) is 3.58. The highest BCUT2D eigenvalue weighted by molar-refractivity contribution is 5.97. The average Bonchev–Trinajstić information content (AvgIpc) is 3.55. The van der Waals surface area contributed by atoms with Crippen molar-refractivity contribution in [1.82, 2.24) is 35.0 Å². The van der Waals surface area contributed by atoms with Gasteiger partial charge in [0.15, 0.2) is 0 Å². The SMILES string of the molecule is O=C(NCCc1cc2c(-c3cnn4ncccc34)ccnc2[nH]1)C1CCCN1C(=O)CO. The van der Waals surface area contributed by atoms with Crippen molar-refractivity contribution in [2.24, 2.45) is 0 Å². The maximum atomic E-state index is 12.5. The van der Waals surface area contributed by atoms with E-state index in [2.05, 4.69) is 25.5 Å². The van der Waals surface area contributed by atoms with Gasteiger partial charge in [0.05, 0.1) is 11.7 Å². The Bertz CT molecular complexity index is 1300. The number of aromatic nitrogens is 5. The molecule has 10 nitrogen and oxygen atoms in total. The highest BCUT2D eigenvalue weighted by Gasteiger charge is 2.33. The van der Waals surface area contributed by atoms with E-state index >= 15 is 0 Å². The van der Waals surface area contributed by atoms with Gasteiger partial charge in [0.2, 0.25) is 11.8 Å². The standard InChI is InChI=1S/C22H23N7O3/c30-13-20(31)28-10-2-4-19(28)22(32)24-8-5-14-11-16-15(6-9-23-21(16)27-14)17-12-26-29-18(17)3-1-7-25-29/h1,3,6-7,9,11-12,19,30H,2,4-5,8,10,13H2,(H,23,27)(H,24,32). The molecule has 1 aliphatic heterocycles. The second-order valence-corrected chi connectivity index (χ2v) is 7.82. The molecule has 1 saturated heterocycles. The first-order valence-corrected chi connectivity index (χ1v) is 10.6. The van der Waals surface area contributed by atoms with Crippen molar-refractivity contribution in [3.63, 3.8) is 0 Å². The van der Waals surface area contributed by atoms with Gasteiger partial charge in [0.1, 0.15) is 18.3 Å². The number of nitrogens with one attached hydrogen (secondary N) is 2. The first-order chi connectivity index (χ1) is 15.7. The van der Waals surface area contributed by atoms with Crippen LogP contribution in [0, 0.1) is 0 Å². The molecule has 0 bridgehead atoms. The van der Waals surface area contributed by atoms with E-state index in [0.29, 0.717) is 25.9 Å². The monoisotopic (exact) mass is 433 g/mol. The number of carbonyl (C=O) groups is 2. The van der Waals surface area contributed by atoms with E-state index in [-0.39, 0.29) is 5.91 Å². The molecule has 4 aromatic rings. The van der Waals surface area contributed by atoms with Crippen molar-refractivity contribution in [3.8, 4) is 11.1 Å². The van der Waals surface area contributed by atoms with Crippen LogP contribution in [0.5, 0.6) is 0 Å². The molecule has 0 spiro atoms. The average molecular weight is 433 g/mol. The molecule has 0 aliphatic carbocycles. The predicted octanol–water partition coefficient (Wildman–Crippen LogP) is 0.915. The molecule has 164 valence electrons. The molecule has 0 radical (unpaired) electrons. The van der Waals surface area contributed by atoms with Crippen molar-refractivity contribution in [2.45, 2.75) is 25.3 Å². The number of pyridine rings is 1. The number of amides is 2. The lowest BCUT2D eigenvalue weighted by Gasteiger charge is -2.23. The van der Waals surface area contributed by atoms with Crippen molar-refractivity contribution >= 4 is 28.4 Å². The summed E-state index contributed by atoms with van der Waals surface area (Å²) in [5, 5.41) is 21.5. The van der Waals surface area contributed by atoms with E-state index < -0.39 is 18.6 Å². The molecule has 32 heavy (non-hydrogen) atoms. The molecule has 5 heterocycles. The summed E-state index contributed by atoms with van der Waals surface area (Å²) in [6.45, 7) is 0.364. The normalized spacial score (nSPS) is 16.2.